The number of benzene rings is 3. The van der Waals surface area contributed by atoms with E-state index in [9.17, 15) is 4.79 Å². The number of rotatable bonds is 3. The van der Waals surface area contributed by atoms with E-state index in [2.05, 4.69) is 36.3 Å². The second kappa shape index (κ2) is 6.63. The number of para-hydroxylation sites is 1. The first-order valence-corrected chi connectivity index (χ1v) is 9.35. The quantitative estimate of drug-likeness (QED) is 0.409. The number of hydrogen-bond donors (Lipinski definition) is 1. The minimum Gasteiger partial charge on any atom is -0.451 e. The first kappa shape index (κ1) is 17.3. The number of aromatic nitrogens is 1. The van der Waals surface area contributed by atoms with Crippen LogP contribution in [0, 0.1) is 13.8 Å². The Kier molecular flexibility index (Phi) is 3.95. The minimum absolute atomic E-state index is 0.266. The standard InChI is InChI=1S/C24H18N2O3/c1-14-7-8-17(11-15(14)2)24-26-19-13-18(9-10-21(19)29-24)25-23(27)22-12-16-5-3-4-6-20(16)28-22/h3-13H,1-2H3,(H,25,27). The predicted octanol–water partition coefficient (Wildman–Crippen LogP) is 6.11. The Morgan fingerprint density at radius 1 is 0.862 bits per heavy atom. The van der Waals surface area contributed by atoms with E-state index in [0.717, 1.165) is 10.9 Å². The van der Waals surface area contributed by atoms with Crippen LogP contribution in [0.3, 0.4) is 0 Å². The molecule has 1 N–H and O–H groups in total. The highest BCUT2D eigenvalue weighted by molar-refractivity contribution is 6.05. The molecule has 5 heteroatoms. The predicted molar refractivity (Wildman–Crippen MR) is 113 cm³/mol. The third-order valence-corrected chi connectivity index (χ3v) is 5.05. The number of carbonyl (C=O) groups excluding carboxylic acids is 1. The second-order valence-electron chi connectivity index (χ2n) is 7.10. The van der Waals surface area contributed by atoms with Crippen LogP contribution in [-0.2, 0) is 0 Å². The van der Waals surface area contributed by atoms with Gasteiger partial charge in [-0.2, -0.15) is 0 Å². The lowest BCUT2D eigenvalue weighted by Crippen LogP contribution is -2.10. The zero-order valence-corrected chi connectivity index (χ0v) is 16.0. The van der Waals surface area contributed by atoms with Gasteiger partial charge in [-0.05, 0) is 67.4 Å². The molecule has 0 saturated heterocycles. The van der Waals surface area contributed by atoms with Crippen LogP contribution in [-0.4, -0.2) is 10.9 Å². The van der Waals surface area contributed by atoms with E-state index in [1.165, 1.54) is 11.1 Å². The van der Waals surface area contributed by atoms with E-state index >= 15 is 0 Å². The molecular formula is C24H18N2O3. The third-order valence-electron chi connectivity index (χ3n) is 5.05. The van der Waals surface area contributed by atoms with E-state index in [4.69, 9.17) is 8.83 Å². The maximum atomic E-state index is 12.6. The number of furan rings is 1. The topological polar surface area (TPSA) is 68.3 Å². The Labute approximate surface area is 167 Å². The summed E-state index contributed by atoms with van der Waals surface area (Å²) in [5.41, 5.74) is 5.99. The molecule has 29 heavy (non-hydrogen) atoms. The molecular weight excluding hydrogens is 364 g/mol. The van der Waals surface area contributed by atoms with Gasteiger partial charge in [0.2, 0.25) is 5.89 Å². The average molecular weight is 382 g/mol. The second-order valence-corrected chi connectivity index (χ2v) is 7.10. The summed E-state index contributed by atoms with van der Waals surface area (Å²) < 4.78 is 11.5. The Balaban J connectivity index is 1.43. The molecule has 0 fully saturated rings. The lowest BCUT2D eigenvalue weighted by Gasteiger charge is -2.02. The van der Waals surface area contributed by atoms with Gasteiger partial charge in [0, 0.05) is 16.6 Å². The molecule has 0 aliphatic carbocycles. The van der Waals surface area contributed by atoms with Crippen LogP contribution in [0.2, 0.25) is 0 Å². The number of hydrogen-bond acceptors (Lipinski definition) is 4. The fourth-order valence-corrected chi connectivity index (χ4v) is 3.29. The summed E-state index contributed by atoms with van der Waals surface area (Å²) in [5, 5.41) is 3.75. The van der Waals surface area contributed by atoms with Crippen molar-refractivity contribution >= 4 is 33.7 Å². The van der Waals surface area contributed by atoms with Gasteiger partial charge in [-0.15, -0.1) is 0 Å². The van der Waals surface area contributed by atoms with Gasteiger partial charge in [-0.25, -0.2) is 4.98 Å². The van der Waals surface area contributed by atoms with Crippen molar-refractivity contribution in [1.29, 1.82) is 0 Å². The summed E-state index contributed by atoms with van der Waals surface area (Å²) >= 11 is 0. The smallest absolute Gasteiger partial charge is 0.291 e. The van der Waals surface area contributed by atoms with Gasteiger partial charge in [0.15, 0.2) is 11.3 Å². The van der Waals surface area contributed by atoms with Crippen LogP contribution in [0.5, 0.6) is 0 Å². The molecule has 5 rings (SSSR count). The third kappa shape index (κ3) is 3.17. The van der Waals surface area contributed by atoms with Crippen molar-refractivity contribution in [3.8, 4) is 11.5 Å². The summed E-state index contributed by atoms with van der Waals surface area (Å²) in [6.07, 6.45) is 0. The van der Waals surface area contributed by atoms with Crippen LogP contribution in [0.4, 0.5) is 5.69 Å². The van der Waals surface area contributed by atoms with Gasteiger partial charge < -0.3 is 14.2 Å². The van der Waals surface area contributed by atoms with Crippen molar-refractivity contribution in [3.05, 3.63) is 83.6 Å². The molecule has 2 aromatic heterocycles. The molecule has 5 nitrogen and oxygen atoms in total. The molecule has 0 aliphatic rings. The average Bonchev–Trinajstić information content (AvgIpc) is 3.33. The zero-order valence-electron chi connectivity index (χ0n) is 16.0. The summed E-state index contributed by atoms with van der Waals surface area (Å²) in [5.74, 6) is 0.518. The maximum absolute atomic E-state index is 12.6. The number of anilines is 1. The summed E-state index contributed by atoms with van der Waals surface area (Å²) in [6.45, 7) is 4.13. The molecule has 5 aromatic rings. The molecule has 0 atom stereocenters. The van der Waals surface area contributed by atoms with Gasteiger partial charge >= 0.3 is 0 Å². The number of fused-ring (bicyclic) bond motifs is 2. The summed E-state index contributed by atoms with van der Waals surface area (Å²) in [4.78, 5) is 17.2. The lowest BCUT2D eigenvalue weighted by molar-refractivity contribution is 0.0998. The first-order valence-electron chi connectivity index (χ1n) is 9.35. The highest BCUT2D eigenvalue weighted by atomic mass is 16.4. The van der Waals surface area contributed by atoms with Crippen molar-refractivity contribution in [3.63, 3.8) is 0 Å². The van der Waals surface area contributed by atoms with Crippen LogP contribution in [0.15, 0.2) is 75.6 Å². The van der Waals surface area contributed by atoms with Crippen LogP contribution in [0.1, 0.15) is 21.7 Å². The molecule has 2 heterocycles. The summed E-state index contributed by atoms with van der Waals surface area (Å²) in [7, 11) is 0. The van der Waals surface area contributed by atoms with Crippen molar-refractivity contribution in [2.75, 3.05) is 5.32 Å². The molecule has 3 aromatic carbocycles. The number of nitrogens with one attached hydrogen (secondary N) is 1. The van der Waals surface area contributed by atoms with Crippen LogP contribution >= 0.6 is 0 Å². The fourth-order valence-electron chi connectivity index (χ4n) is 3.29. The Bertz CT molecular complexity index is 1340. The molecule has 0 aliphatic heterocycles. The number of amides is 1. The van der Waals surface area contributed by atoms with Gasteiger partial charge in [0.25, 0.3) is 5.91 Å². The Hall–Kier alpha value is -3.86. The number of oxazole rings is 1. The van der Waals surface area contributed by atoms with E-state index in [-0.39, 0.29) is 11.7 Å². The van der Waals surface area contributed by atoms with Gasteiger partial charge in [-0.1, -0.05) is 24.3 Å². The molecule has 0 spiro atoms. The zero-order chi connectivity index (χ0) is 20.0. The number of carbonyl (C=O) groups is 1. The SMILES string of the molecule is Cc1ccc(-c2nc3cc(NC(=O)c4cc5ccccc5o4)ccc3o2)cc1C. The first-order chi connectivity index (χ1) is 14.1. The van der Waals surface area contributed by atoms with Crippen molar-refractivity contribution < 1.29 is 13.6 Å². The summed E-state index contributed by atoms with van der Waals surface area (Å²) in [6, 6.07) is 20.8. The molecule has 0 unspecified atom stereocenters. The van der Waals surface area contributed by atoms with E-state index < -0.39 is 0 Å². The molecule has 0 saturated carbocycles. The Morgan fingerprint density at radius 2 is 1.72 bits per heavy atom. The van der Waals surface area contributed by atoms with E-state index in [1.54, 1.807) is 24.3 Å². The molecule has 1 amide bonds. The van der Waals surface area contributed by atoms with E-state index in [1.807, 2.05) is 30.3 Å². The molecule has 0 bridgehead atoms. The van der Waals surface area contributed by atoms with Crippen molar-refractivity contribution in [2.24, 2.45) is 0 Å². The van der Waals surface area contributed by atoms with E-state index in [0.29, 0.717) is 28.3 Å². The highest BCUT2D eigenvalue weighted by Gasteiger charge is 2.14. The molecule has 142 valence electrons. The van der Waals surface area contributed by atoms with Gasteiger partial charge in [-0.3, -0.25) is 4.79 Å². The maximum Gasteiger partial charge on any atom is 0.291 e. The largest absolute Gasteiger partial charge is 0.451 e. The monoisotopic (exact) mass is 382 g/mol. The number of aryl methyl sites for hydroxylation is 2. The van der Waals surface area contributed by atoms with Crippen molar-refractivity contribution in [1.82, 2.24) is 4.98 Å². The molecule has 0 radical (unpaired) electrons. The number of nitrogens with zero attached hydrogens (tertiary/aromatic N) is 1. The van der Waals surface area contributed by atoms with Gasteiger partial charge in [0.1, 0.15) is 11.1 Å². The highest BCUT2D eigenvalue weighted by Crippen LogP contribution is 2.28. The van der Waals surface area contributed by atoms with Crippen LogP contribution < -0.4 is 5.32 Å². The Morgan fingerprint density at radius 3 is 2.55 bits per heavy atom. The van der Waals surface area contributed by atoms with Crippen molar-refractivity contribution in [2.45, 2.75) is 13.8 Å². The fraction of sp³-hybridized carbons (Fsp3) is 0.0833. The van der Waals surface area contributed by atoms with Crippen LogP contribution in [0.25, 0.3) is 33.5 Å². The normalized spacial score (nSPS) is 11.2. The van der Waals surface area contributed by atoms with Gasteiger partial charge in [0.05, 0.1) is 0 Å². The minimum atomic E-state index is -0.307. The lowest BCUT2D eigenvalue weighted by atomic mass is 10.1.